The first-order valence-corrected chi connectivity index (χ1v) is 6.57. The van der Waals surface area contributed by atoms with Gasteiger partial charge in [-0.05, 0) is 0 Å². The zero-order valence-corrected chi connectivity index (χ0v) is 10.6. The molecule has 0 spiro atoms. The molecule has 70 valence electrons. The molecule has 2 unspecified atom stereocenters. The molecule has 0 rings (SSSR count). The lowest BCUT2D eigenvalue weighted by molar-refractivity contribution is 0.328. The van der Waals surface area contributed by atoms with Gasteiger partial charge in [0.1, 0.15) is 0 Å². The molecule has 2 atom stereocenters. The number of hydrogen-bond donors (Lipinski definition) is 4. The third kappa shape index (κ3) is 6.03. The molecule has 0 saturated heterocycles. The van der Waals surface area contributed by atoms with Gasteiger partial charge in [0.25, 0.3) is 0 Å². The maximum atomic E-state index is 9.10. The Morgan fingerprint density at radius 2 is 1.25 bits per heavy atom. The quantitative estimate of drug-likeness (QED) is 0.265. The summed E-state index contributed by atoms with van der Waals surface area (Å²) >= 11 is 16.7. The molecule has 12 heavy (non-hydrogen) atoms. The topological polar surface area (TPSA) is 40.5 Å². The second-order valence-corrected chi connectivity index (χ2v) is 6.45. The second-order valence-electron chi connectivity index (χ2n) is 1.57. The van der Waals surface area contributed by atoms with Gasteiger partial charge in [0.15, 0.2) is 10.9 Å². The molecular weight excluding hydrogens is 272 g/mol. The van der Waals surface area contributed by atoms with E-state index in [4.69, 9.17) is 10.2 Å². The molecule has 2 nitrogen and oxygen atoms in total. The van der Waals surface area contributed by atoms with Crippen molar-refractivity contribution in [1.82, 2.24) is 0 Å². The first kappa shape index (κ1) is 13.5. The molecule has 0 aromatic heterocycles. The minimum atomic E-state index is -0.884. The van der Waals surface area contributed by atoms with Crippen LogP contribution in [-0.4, -0.2) is 29.5 Å². The highest BCUT2D eigenvalue weighted by molar-refractivity contribution is 8.77. The Bertz CT molecular complexity index is 162. The van der Waals surface area contributed by atoms with Crippen LogP contribution in [0.2, 0.25) is 0 Å². The summed E-state index contributed by atoms with van der Waals surface area (Å²) in [7, 11) is 1.98. The van der Waals surface area contributed by atoms with E-state index in [1.807, 2.05) is 0 Å². The SMILES string of the molecule is OC(SSC(O)C(=S)S)C(=S)S. The van der Waals surface area contributed by atoms with E-state index < -0.39 is 10.9 Å². The van der Waals surface area contributed by atoms with Gasteiger partial charge < -0.3 is 10.2 Å². The van der Waals surface area contributed by atoms with Crippen LogP contribution in [0.25, 0.3) is 0 Å². The Kier molecular flexibility index (Phi) is 7.74. The first-order chi connectivity index (χ1) is 5.45. The molecule has 0 fully saturated rings. The molecule has 0 aliphatic carbocycles. The average Bonchev–Trinajstić information content (AvgIpc) is 1.98. The number of aliphatic hydroxyl groups is 2. The van der Waals surface area contributed by atoms with E-state index in [1.54, 1.807) is 0 Å². The van der Waals surface area contributed by atoms with Crippen LogP contribution in [0.4, 0.5) is 0 Å². The Morgan fingerprint density at radius 3 is 1.42 bits per heavy atom. The summed E-state index contributed by atoms with van der Waals surface area (Å²) in [6, 6.07) is 0. The Balaban J connectivity index is 3.68. The number of hydrogen-bond acceptors (Lipinski definition) is 6. The lowest BCUT2D eigenvalue weighted by Crippen LogP contribution is -2.10. The average molecular weight is 278 g/mol. The van der Waals surface area contributed by atoms with Gasteiger partial charge in [0.2, 0.25) is 0 Å². The van der Waals surface area contributed by atoms with Gasteiger partial charge in [-0.25, -0.2) is 0 Å². The smallest absolute Gasteiger partial charge is 0.150 e. The number of rotatable bonds is 5. The minimum absolute atomic E-state index is 0.171. The van der Waals surface area contributed by atoms with Gasteiger partial charge in [-0.2, -0.15) is 0 Å². The van der Waals surface area contributed by atoms with Crippen LogP contribution in [0.5, 0.6) is 0 Å². The van der Waals surface area contributed by atoms with Crippen molar-refractivity contribution in [3.8, 4) is 0 Å². The van der Waals surface area contributed by atoms with Gasteiger partial charge in [-0.1, -0.05) is 46.0 Å². The Morgan fingerprint density at radius 1 is 1.00 bits per heavy atom. The van der Waals surface area contributed by atoms with Crippen molar-refractivity contribution in [3.63, 3.8) is 0 Å². The summed E-state index contributed by atoms with van der Waals surface area (Å²) < 4.78 is 0.342. The van der Waals surface area contributed by atoms with Crippen LogP contribution >= 0.6 is 71.3 Å². The van der Waals surface area contributed by atoms with Gasteiger partial charge in [0.05, 0.1) is 8.39 Å². The largest absolute Gasteiger partial charge is 0.376 e. The molecule has 0 amide bonds. The fourth-order valence-corrected chi connectivity index (χ4v) is 3.17. The molecule has 0 aliphatic rings. The van der Waals surface area contributed by atoms with Crippen LogP contribution in [0.1, 0.15) is 0 Å². The van der Waals surface area contributed by atoms with Crippen molar-refractivity contribution < 1.29 is 10.2 Å². The van der Waals surface area contributed by atoms with E-state index in [0.717, 1.165) is 21.6 Å². The predicted molar refractivity (Wildman–Crippen MR) is 70.4 cm³/mol. The monoisotopic (exact) mass is 278 g/mol. The second kappa shape index (κ2) is 6.88. The lowest BCUT2D eigenvalue weighted by Gasteiger charge is -2.09. The van der Waals surface area contributed by atoms with Crippen molar-refractivity contribution in [2.24, 2.45) is 0 Å². The third-order valence-electron chi connectivity index (χ3n) is 0.660. The van der Waals surface area contributed by atoms with Crippen LogP contribution in [0.3, 0.4) is 0 Å². The Labute approximate surface area is 100 Å². The summed E-state index contributed by atoms with van der Waals surface area (Å²) in [6.45, 7) is 0. The van der Waals surface area contributed by atoms with Crippen LogP contribution in [-0.2, 0) is 0 Å². The fourth-order valence-electron chi connectivity index (χ4n) is 0.188. The van der Waals surface area contributed by atoms with Crippen molar-refractivity contribution in [2.75, 3.05) is 0 Å². The van der Waals surface area contributed by atoms with Crippen LogP contribution in [0.15, 0.2) is 0 Å². The summed E-state index contributed by atoms with van der Waals surface area (Å²) in [6.07, 6.45) is 0. The van der Waals surface area contributed by atoms with Gasteiger partial charge in [-0.15, -0.1) is 25.3 Å². The minimum Gasteiger partial charge on any atom is -0.376 e. The normalized spacial score (nSPS) is 15.3. The molecule has 0 bridgehead atoms. The molecule has 8 heteroatoms. The molecule has 0 aliphatic heterocycles. The van der Waals surface area contributed by atoms with Crippen molar-refractivity contribution in [3.05, 3.63) is 0 Å². The highest BCUT2D eigenvalue weighted by atomic mass is 33.1. The highest BCUT2D eigenvalue weighted by Crippen LogP contribution is 2.31. The van der Waals surface area contributed by atoms with Crippen LogP contribution < -0.4 is 0 Å². The Hall–Kier alpha value is 1.50. The van der Waals surface area contributed by atoms with Gasteiger partial charge in [0, 0.05) is 0 Å². The summed E-state index contributed by atoms with van der Waals surface area (Å²) in [5.41, 5.74) is -1.77. The third-order valence-corrected chi connectivity index (χ3v) is 4.62. The number of thiocarbonyl (C=S) groups is 2. The zero-order valence-electron chi connectivity index (χ0n) is 5.58. The van der Waals surface area contributed by atoms with E-state index >= 15 is 0 Å². The predicted octanol–water partition coefficient (Wildman–Crippen LogP) is 1.52. The molecule has 2 N–H and O–H groups in total. The highest BCUT2D eigenvalue weighted by Gasteiger charge is 2.13. The van der Waals surface area contributed by atoms with E-state index in [9.17, 15) is 0 Å². The maximum absolute atomic E-state index is 9.10. The molecular formula is C4H6O2S6. The standard InChI is InChI=1S/C4H6O2S6/c5-1(3(7)8)11-12-2(6)4(9)10/h1-2,5-6H,(H,7,8)(H,9,10). The molecule has 0 radical (unpaired) electrons. The molecule has 0 aromatic carbocycles. The van der Waals surface area contributed by atoms with Crippen molar-refractivity contribution in [2.45, 2.75) is 10.9 Å². The van der Waals surface area contributed by atoms with E-state index in [0.29, 0.717) is 0 Å². The van der Waals surface area contributed by atoms with Crippen molar-refractivity contribution in [1.29, 1.82) is 0 Å². The molecule has 0 heterocycles. The lowest BCUT2D eigenvalue weighted by atomic mass is 10.9. The summed E-state index contributed by atoms with van der Waals surface area (Å²) in [5.74, 6) is 0. The molecule has 0 saturated carbocycles. The van der Waals surface area contributed by atoms with Crippen molar-refractivity contribution >= 4 is 79.7 Å². The first-order valence-electron chi connectivity index (χ1n) is 2.59. The van der Waals surface area contributed by atoms with Crippen LogP contribution in [0, 0.1) is 0 Å². The van der Waals surface area contributed by atoms with Gasteiger partial charge >= 0.3 is 0 Å². The zero-order chi connectivity index (χ0) is 9.72. The van der Waals surface area contributed by atoms with E-state index in [-0.39, 0.29) is 8.39 Å². The summed E-state index contributed by atoms with van der Waals surface area (Å²) in [4.78, 5) is 0. The molecule has 0 aromatic rings. The number of thiol groups is 2. The fraction of sp³-hybridized carbons (Fsp3) is 0.500. The van der Waals surface area contributed by atoms with Gasteiger partial charge in [-0.3, -0.25) is 0 Å². The summed E-state index contributed by atoms with van der Waals surface area (Å²) in [5, 5.41) is 18.2. The number of aliphatic hydroxyl groups excluding tert-OH is 2. The maximum Gasteiger partial charge on any atom is 0.150 e. The van der Waals surface area contributed by atoms with E-state index in [1.165, 1.54) is 0 Å². The van der Waals surface area contributed by atoms with E-state index in [2.05, 4.69) is 49.7 Å².